The average molecular weight is 257 g/mol. The zero-order valence-electron chi connectivity index (χ0n) is 10.2. The Labute approximate surface area is 110 Å². The van der Waals surface area contributed by atoms with Gasteiger partial charge in [-0.05, 0) is 30.5 Å². The lowest BCUT2D eigenvalue weighted by Crippen LogP contribution is -2.17. The molecule has 3 heterocycles. The Morgan fingerprint density at radius 2 is 2.28 bits per heavy atom. The number of hydrogen-bond acceptors (Lipinski definition) is 3. The lowest BCUT2D eigenvalue weighted by molar-refractivity contribution is 0.577. The average Bonchev–Trinajstić information content (AvgIpc) is 3.04. The second-order valence-corrected chi connectivity index (χ2v) is 5.30. The standard InChI is InChI=1S/C14H15N3S/c1-11(13-5-4-8-18-13)15-9-12-10-17-7-3-2-6-14(17)16-12/h2-8,10-11,15H,9H2,1H3. The maximum absolute atomic E-state index is 4.57. The van der Waals surface area contributed by atoms with E-state index in [1.54, 1.807) is 11.3 Å². The van der Waals surface area contributed by atoms with Crippen molar-refractivity contribution in [3.05, 3.63) is 58.7 Å². The van der Waals surface area contributed by atoms with E-state index in [4.69, 9.17) is 0 Å². The summed E-state index contributed by atoms with van der Waals surface area (Å²) in [6, 6.07) is 10.7. The maximum atomic E-state index is 4.57. The van der Waals surface area contributed by atoms with Crippen molar-refractivity contribution in [1.29, 1.82) is 0 Å². The number of nitrogens with one attached hydrogen (secondary N) is 1. The van der Waals surface area contributed by atoms with Gasteiger partial charge in [0.2, 0.25) is 0 Å². The maximum Gasteiger partial charge on any atom is 0.137 e. The molecule has 3 rings (SSSR count). The van der Waals surface area contributed by atoms with Gasteiger partial charge in [0.25, 0.3) is 0 Å². The molecule has 92 valence electrons. The van der Waals surface area contributed by atoms with Crippen LogP contribution in [0.15, 0.2) is 48.1 Å². The van der Waals surface area contributed by atoms with Crippen LogP contribution in [0.2, 0.25) is 0 Å². The van der Waals surface area contributed by atoms with Crippen LogP contribution in [0.25, 0.3) is 5.65 Å². The molecule has 0 radical (unpaired) electrons. The Morgan fingerprint density at radius 1 is 1.33 bits per heavy atom. The molecule has 3 aromatic heterocycles. The fourth-order valence-electron chi connectivity index (χ4n) is 1.97. The summed E-state index contributed by atoms with van der Waals surface area (Å²) in [6.45, 7) is 2.97. The minimum Gasteiger partial charge on any atom is -0.307 e. The van der Waals surface area contributed by atoms with Gasteiger partial charge in [-0.25, -0.2) is 4.98 Å². The van der Waals surface area contributed by atoms with Crippen LogP contribution in [0.5, 0.6) is 0 Å². The van der Waals surface area contributed by atoms with Gasteiger partial charge >= 0.3 is 0 Å². The first-order valence-electron chi connectivity index (χ1n) is 6.02. The van der Waals surface area contributed by atoms with E-state index in [0.29, 0.717) is 6.04 Å². The van der Waals surface area contributed by atoms with Gasteiger partial charge in [-0.15, -0.1) is 11.3 Å². The molecule has 0 aliphatic carbocycles. The molecule has 0 aromatic carbocycles. The number of aromatic nitrogens is 2. The van der Waals surface area contributed by atoms with E-state index >= 15 is 0 Å². The second kappa shape index (κ2) is 4.92. The van der Waals surface area contributed by atoms with E-state index < -0.39 is 0 Å². The monoisotopic (exact) mass is 257 g/mol. The molecule has 0 saturated carbocycles. The van der Waals surface area contributed by atoms with Gasteiger partial charge in [-0.2, -0.15) is 0 Å². The summed E-state index contributed by atoms with van der Waals surface area (Å²) in [6.07, 6.45) is 4.10. The molecule has 0 fully saturated rings. The zero-order chi connectivity index (χ0) is 12.4. The fraction of sp³-hybridized carbons (Fsp3) is 0.214. The molecule has 3 aromatic rings. The summed E-state index contributed by atoms with van der Waals surface area (Å²) < 4.78 is 2.05. The lowest BCUT2D eigenvalue weighted by Gasteiger charge is -2.10. The van der Waals surface area contributed by atoms with Crippen LogP contribution < -0.4 is 5.32 Å². The number of imidazole rings is 1. The zero-order valence-corrected chi connectivity index (χ0v) is 11.0. The third-order valence-corrected chi connectivity index (χ3v) is 4.03. The van der Waals surface area contributed by atoms with Gasteiger partial charge in [0, 0.05) is 29.9 Å². The smallest absolute Gasteiger partial charge is 0.137 e. The highest BCUT2D eigenvalue weighted by molar-refractivity contribution is 7.10. The minimum absolute atomic E-state index is 0.370. The first-order chi connectivity index (χ1) is 8.83. The van der Waals surface area contributed by atoms with Crippen LogP contribution in [0.3, 0.4) is 0 Å². The molecule has 0 aliphatic heterocycles. The van der Waals surface area contributed by atoms with E-state index in [9.17, 15) is 0 Å². The quantitative estimate of drug-likeness (QED) is 0.777. The Hall–Kier alpha value is -1.65. The highest BCUT2D eigenvalue weighted by Crippen LogP contribution is 2.18. The predicted octanol–water partition coefficient (Wildman–Crippen LogP) is 3.25. The van der Waals surface area contributed by atoms with Gasteiger partial charge in [0.1, 0.15) is 5.65 Å². The van der Waals surface area contributed by atoms with E-state index in [2.05, 4.69) is 40.9 Å². The molecule has 1 unspecified atom stereocenters. The van der Waals surface area contributed by atoms with Crippen molar-refractivity contribution in [1.82, 2.24) is 14.7 Å². The Morgan fingerprint density at radius 3 is 3.06 bits per heavy atom. The topological polar surface area (TPSA) is 29.3 Å². The number of nitrogens with zero attached hydrogens (tertiary/aromatic N) is 2. The van der Waals surface area contributed by atoms with E-state index in [0.717, 1.165) is 17.9 Å². The van der Waals surface area contributed by atoms with Gasteiger partial charge in [-0.1, -0.05) is 12.1 Å². The molecular weight excluding hydrogens is 242 g/mol. The van der Waals surface area contributed by atoms with Crippen LogP contribution in [-0.2, 0) is 6.54 Å². The molecule has 3 nitrogen and oxygen atoms in total. The molecule has 0 amide bonds. The van der Waals surface area contributed by atoms with E-state index in [1.165, 1.54) is 4.88 Å². The van der Waals surface area contributed by atoms with Crippen molar-refractivity contribution in [2.24, 2.45) is 0 Å². The Balaban J connectivity index is 1.69. The third-order valence-electron chi connectivity index (χ3n) is 2.97. The van der Waals surface area contributed by atoms with E-state index in [1.807, 2.05) is 28.8 Å². The summed E-state index contributed by atoms with van der Waals surface area (Å²) in [5.41, 5.74) is 2.07. The largest absolute Gasteiger partial charge is 0.307 e. The first-order valence-corrected chi connectivity index (χ1v) is 6.90. The highest BCUT2D eigenvalue weighted by atomic mass is 32.1. The predicted molar refractivity (Wildman–Crippen MR) is 74.8 cm³/mol. The third kappa shape index (κ3) is 2.30. The van der Waals surface area contributed by atoms with Crippen molar-refractivity contribution in [3.8, 4) is 0 Å². The summed E-state index contributed by atoms with van der Waals surface area (Å²) in [7, 11) is 0. The van der Waals surface area contributed by atoms with Crippen LogP contribution in [0.1, 0.15) is 23.5 Å². The number of pyridine rings is 1. The molecule has 1 atom stereocenters. The molecule has 0 aliphatic rings. The SMILES string of the molecule is CC(NCc1cn2ccccc2n1)c1cccs1. The molecule has 18 heavy (non-hydrogen) atoms. The molecular formula is C14H15N3S. The summed E-state index contributed by atoms with van der Waals surface area (Å²) in [5, 5.41) is 5.61. The van der Waals surface area contributed by atoms with Crippen molar-refractivity contribution in [3.63, 3.8) is 0 Å². The van der Waals surface area contributed by atoms with Crippen LogP contribution in [0, 0.1) is 0 Å². The Bertz CT molecular complexity index is 594. The molecule has 1 N–H and O–H groups in total. The van der Waals surface area contributed by atoms with E-state index in [-0.39, 0.29) is 0 Å². The number of hydrogen-bond donors (Lipinski definition) is 1. The van der Waals surface area contributed by atoms with Gasteiger partial charge in [-0.3, -0.25) is 0 Å². The van der Waals surface area contributed by atoms with Crippen molar-refractivity contribution in [2.45, 2.75) is 19.5 Å². The van der Waals surface area contributed by atoms with Gasteiger partial charge < -0.3 is 9.72 Å². The second-order valence-electron chi connectivity index (χ2n) is 4.32. The molecule has 0 saturated heterocycles. The first kappa shape index (κ1) is 11.4. The van der Waals surface area contributed by atoms with Crippen molar-refractivity contribution < 1.29 is 0 Å². The Kier molecular flexibility index (Phi) is 3.13. The minimum atomic E-state index is 0.370. The lowest BCUT2D eigenvalue weighted by atomic mass is 10.2. The number of rotatable bonds is 4. The number of thiophene rings is 1. The van der Waals surface area contributed by atoms with Gasteiger partial charge in [0.05, 0.1) is 5.69 Å². The van der Waals surface area contributed by atoms with Crippen LogP contribution in [0.4, 0.5) is 0 Å². The fourth-order valence-corrected chi connectivity index (χ4v) is 2.73. The molecule has 4 heteroatoms. The highest BCUT2D eigenvalue weighted by Gasteiger charge is 2.07. The summed E-state index contributed by atoms with van der Waals surface area (Å²) in [5.74, 6) is 0. The van der Waals surface area contributed by atoms with Crippen molar-refractivity contribution in [2.75, 3.05) is 0 Å². The normalized spacial score (nSPS) is 12.9. The number of fused-ring (bicyclic) bond motifs is 1. The molecule has 0 bridgehead atoms. The summed E-state index contributed by atoms with van der Waals surface area (Å²) >= 11 is 1.78. The summed E-state index contributed by atoms with van der Waals surface area (Å²) in [4.78, 5) is 5.93. The molecule has 0 spiro atoms. The van der Waals surface area contributed by atoms with Gasteiger partial charge in [0.15, 0.2) is 0 Å². The van der Waals surface area contributed by atoms with Crippen LogP contribution in [-0.4, -0.2) is 9.38 Å². The van der Waals surface area contributed by atoms with Crippen molar-refractivity contribution >= 4 is 17.0 Å². The van der Waals surface area contributed by atoms with Crippen LogP contribution >= 0.6 is 11.3 Å².